The number of fused-ring (bicyclic) bond motifs is 3. The number of ether oxygens (including phenoxy) is 2. The van der Waals surface area contributed by atoms with E-state index in [0.29, 0.717) is 13.0 Å². The fourth-order valence-electron chi connectivity index (χ4n) is 4.98. The molecule has 2 aliphatic rings. The molecule has 180 valence electrons. The molecule has 2 aromatic carbocycles. The molecule has 0 saturated carbocycles. The van der Waals surface area contributed by atoms with Gasteiger partial charge in [-0.25, -0.2) is 4.79 Å². The second-order valence-electron chi connectivity index (χ2n) is 8.75. The highest BCUT2D eigenvalue weighted by atomic mass is 16.5. The number of aliphatic carboxylic acids is 1. The van der Waals surface area contributed by atoms with Crippen LogP contribution in [0.1, 0.15) is 42.7 Å². The molecule has 1 fully saturated rings. The number of carbonyl (C=O) groups is 3. The smallest absolute Gasteiger partial charge is 0.407 e. The molecule has 0 radical (unpaired) electrons. The lowest BCUT2D eigenvalue weighted by atomic mass is 9.98. The molecule has 0 spiro atoms. The normalized spacial score (nSPS) is 17.7. The monoisotopic (exact) mass is 466 g/mol. The van der Waals surface area contributed by atoms with E-state index in [-0.39, 0.29) is 43.9 Å². The van der Waals surface area contributed by atoms with Crippen LogP contribution in [0, 0.1) is 0 Å². The maximum Gasteiger partial charge on any atom is 0.407 e. The number of hydrogen-bond acceptors (Lipinski definition) is 5. The second kappa shape index (κ2) is 10.7. The lowest BCUT2D eigenvalue weighted by Crippen LogP contribution is -2.41. The number of benzene rings is 2. The van der Waals surface area contributed by atoms with Gasteiger partial charge in [0.1, 0.15) is 6.61 Å². The SMILES string of the molecule is COC(CNC(=O)OCC1c2ccccc2-c2ccccc21)CC(=O)N1CCCC1CC(=O)O. The average molecular weight is 467 g/mol. The Morgan fingerprint density at radius 2 is 1.74 bits per heavy atom. The van der Waals surface area contributed by atoms with Gasteiger partial charge in [-0.15, -0.1) is 0 Å². The first kappa shape index (κ1) is 23.8. The van der Waals surface area contributed by atoms with E-state index in [9.17, 15) is 14.4 Å². The first-order valence-electron chi connectivity index (χ1n) is 11.6. The van der Waals surface area contributed by atoms with Crippen LogP contribution in [0.25, 0.3) is 11.1 Å². The number of carboxylic acid groups (broad SMARTS) is 1. The molecule has 4 rings (SSSR count). The summed E-state index contributed by atoms with van der Waals surface area (Å²) in [6, 6.07) is 16.0. The minimum Gasteiger partial charge on any atom is -0.481 e. The molecule has 2 unspecified atom stereocenters. The Balaban J connectivity index is 1.28. The van der Waals surface area contributed by atoms with Crippen LogP contribution < -0.4 is 5.32 Å². The molecule has 2 amide bonds. The minimum atomic E-state index is -0.912. The Morgan fingerprint density at radius 1 is 1.09 bits per heavy atom. The van der Waals surface area contributed by atoms with Crippen molar-refractivity contribution in [3.05, 3.63) is 59.7 Å². The van der Waals surface area contributed by atoms with Crippen LogP contribution >= 0.6 is 0 Å². The molecule has 2 atom stereocenters. The summed E-state index contributed by atoms with van der Waals surface area (Å²) in [6.07, 6.45) is 0.394. The molecule has 1 saturated heterocycles. The predicted molar refractivity (Wildman–Crippen MR) is 125 cm³/mol. The number of rotatable bonds is 9. The standard InChI is InChI=1S/C26H30N2O6/c1-33-18(14-24(29)28-12-6-7-17(28)13-25(30)31)15-27-26(32)34-16-23-21-10-4-2-8-19(21)20-9-3-5-11-22(20)23/h2-5,8-11,17-18,23H,6-7,12-16H2,1H3,(H,27,32)(H,30,31). The summed E-state index contributed by atoms with van der Waals surface area (Å²) in [4.78, 5) is 37.8. The number of hydrogen-bond donors (Lipinski definition) is 2. The van der Waals surface area contributed by atoms with E-state index in [1.165, 1.54) is 7.11 Å². The molecule has 8 nitrogen and oxygen atoms in total. The van der Waals surface area contributed by atoms with Crippen molar-refractivity contribution in [1.29, 1.82) is 0 Å². The highest BCUT2D eigenvalue weighted by Gasteiger charge is 2.32. The average Bonchev–Trinajstić information content (AvgIpc) is 3.42. The van der Waals surface area contributed by atoms with Gasteiger partial charge in [-0.2, -0.15) is 0 Å². The van der Waals surface area contributed by atoms with E-state index in [1.54, 1.807) is 4.90 Å². The third kappa shape index (κ3) is 5.22. The molecule has 1 aliphatic carbocycles. The zero-order chi connectivity index (χ0) is 24.1. The summed E-state index contributed by atoms with van der Waals surface area (Å²) in [6.45, 7) is 0.879. The van der Waals surface area contributed by atoms with Crippen molar-refractivity contribution in [3.63, 3.8) is 0 Å². The van der Waals surface area contributed by atoms with Gasteiger partial charge in [-0.1, -0.05) is 48.5 Å². The topological polar surface area (TPSA) is 105 Å². The predicted octanol–water partition coefficient (Wildman–Crippen LogP) is 3.40. The van der Waals surface area contributed by atoms with Crippen molar-refractivity contribution >= 4 is 18.0 Å². The summed E-state index contributed by atoms with van der Waals surface area (Å²) >= 11 is 0. The fraction of sp³-hybridized carbons (Fsp3) is 0.423. The van der Waals surface area contributed by atoms with Crippen molar-refractivity contribution in [2.75, 3.05) is 26.8 Å². The lowest BCUT2D eigenvalue weighted by molar-refractivity contribution is -0.140. The van der Waals surface area contributed by atoms with Crippen LogP contribution in [0.5, 0.6) is 0 Å². The number of carbonyl (C=O) groups excluding carboxylic acids is 2. The van der Waals surface area contributed by atoms with Crippen LogP contribution in [0.2, 0.25) is 0 Å². The number of alkyl carbamates (subject to hydrolysis) is 1. The number of likely N-dealkylation sites (tertiary alicyclic amines) is 1. The quantitative estimate of drug-likeness (QED) is 0.587. The molecule has 2 aromatic rings. The number of methoxy groups -OCH3 is 1. The Kier molecular flexibility index (Phi) is 7.47. The van der Waals surface area contributed by atoms with Gasteiger partial charge in [0.05, 0.1) is 18.9 Å². The first-order chi connectivity index (χ1) is 16.5. The van der Waals surface area contributed by atoms with Crippen molar-refractivity contribution < 1.29 is 29.0 Å². The van der Waals surface area contributed by atoms with E-state index in [1.807, 2.05) is 24.3 Å². The van der Waals surface area contributed by atoms with E-state index in [0.717, 1.165) is 28.7 Å². The highest BCUT2D eigenvalue weighted by Crippen LogP contribution is 2.44. The van der Waals surface area contributed by atoms with Crippen molar-refractivity contribution in [2.45, 2.75) is 43.7 Å². The van der Waals surface area contributed by atoms with Gasteiger partial charge in [0, 0.05) is 32.2 Å². The first-order valence-corrected chi connectivity index (χ1v) is 11.6. The highest BCUT2D eigenvalue weighted by molar-refractivity contribution is 5.80. The van der Waals surface area contributed by atoms with E-state index < -0.39 is 18.2 Å². The van der Waals surface area contributed by atoms with Gasteiger partial charge in [0.2, 0.25) is 5.91 Å². The van der Waals surface area contributed by atoms with Crippen molar-refractivity contribution in [3.8, 4) is 11.1 Å². The van der Waals surface area contributed by atoms with E-state index >= 15 is 0 Å². The third-order valence-electron chi connectivity index (χ3n) is 6.66. The second-order valence-corrected chi connectivity index (χ2v) is 8.75. The Hall–Kier alpha value is -3.39. The van der Waals surface area contributed by atoms with Gasteiger partial charge in [-0.05, 0) is 35.1 Å². The van der Waals surface area contributed by atoms with Gasteiger partial charge in [0.15, 0.2) is 0 Å². The zero-order valence-corrected chi connectivity index (χ0v) is 19.2. The van der Waals surface area contributed by atoms with Crippen molar-refractivity contribution in [1.82, 2.24) is 10.2 Å². The summed E-state index contributed by atoms with van der Waals surface area (Å²) in [5.41, 5.74) is 4.60. The molecular formula is C26H30N2O6. The molecule has 0 bridgehead atoms. The number of carboxylic acids is 1. The number of nitrogens with zero attached hydrogens (tertiary/aromatic N) is 1. The maximum atomic E-state index is 12.7. The van der Waals surface area contributed by atoms with E-state index in [2.05, 4.69) is 29.6 Å². The summed E-state index contributed by atoms with van der Waals surface area (Å²) in [5, 5.41) is 11.8. The van der Waals surface area contributed by atoms with Gasteiger partial charge < -0.3 is 24.8 Å². The van der Waals surface area contributed by atoms with Crippen LogP contribution in [0.3, 0.4) is 0 Å². The molecular weight excluding hydrogens is 436 g/mol. The van der Waals surface area contributed by atoms with Crippen molar-refractivity contribution in [2.24, 2.45) is 0 Å². The Labute approximate surface area is 198 Å². The molecule has 8 heteroatoms. The Morgan fingerprint density at radius 3 is 2.35 bits per heavy atom. The summed E-state index contributed by atoms with van der Waals surface area (Å²) < 4.78 is 10.9. The molecule has 1 aliphatic heterocycles. The van der Waals surface area contributed by atoms with Crippen LogP contribution in [0.4, 0.5) is 4.79 Å². The summed E-state index contributed by atoms with van der Waals surface area (Å²) in [7, 11) is 1.48. The fourth-order valence-corrected chi connectivity index (χ4v) is 4.98. The van der Waals surface area contributed by atoms with Gasteiger partial charge in [0.25, 0.3) is 0 Å². The Bertz CT molecular complexity index is 1010. The van der Waals surface area contributed by atoms with Crippen LogP contribution in [0.15, 0.2) is 48.5 Å². The minimum absolute atomic E-state index is 0.0284. The molecule has 0 aromatic heterocycles. The lowest BCUT2D eigenvalue weighted by Gasteiger charge is -2.25. The maximum absolute atomic E-state index is 12.7. The van der Waals surface area contributed by atoms with Gasteiger partial charge >= 0.3 is 12.1 Å². The largest absolute Gasteiger partial charge is 0.481 e. The van der Waals surface area contributed by atoms with Gasteiger partial charge in [-0.3, -0.25) is 9.59 Å². The van der Waals surface area contributed by atoms with E-state index in [4.69, 9.17) is 14.6 Å². The molecule has 34 heavy (non-hydrogen) atoms. The molecule has 2 N–H and O–H groups in total. The third-order valence-corrected chi connectivity index (χ3v) is 6.66. The van der Waals surface area contributed by atoms with Crippen LogP contribution in [-0.4, -0.2) is 66.9 Å². The molecule has 1 heterocycles. The zero-order valence-electron chi connectivity index (χ0n) is 19.2. The number of amides is 2. The number of nitrogens with one attached hydrogen (secondary N) is 1. The van der Waals surface area contributed by atoms with Crippen LogP contribution in [-0.2, 0) is 19.1 Å². The summed E-state index contributed by atoms with van der Waals surface area (Å²) in [5.74, 6) is -1.10.